The molecule has 0 spiro atoms. The zero-order chi connectivity index (χ0) is 8.69. The molecule has 0 saturated heterocycles. The minimum atomic E-state index is 1.37. The van der Waals surface area contributed by atoms with Crippen molar-refractivity contribution in [1.29, 1.82) is 5.41 Å². The first-order chi connectivity index (χ1) is 5.22. The van der Waals surface area contributed by atoms with Crippen LogP contribution < -0.4 is 0 Å². The fourth-order valence-electron chi connectivity index (χ4n) is 0.663. The van der Waals surface area contributed by atoms with Crippen LogP contribution in [0.1, 0.15) is 11.1 Å². The van der Waals surface area contributed by atoms with Crippen LogP contribution in [-0.2, 0) is 0 Å². The zero-order valence-corrected chi connectivity index (χ0v) is 8.43. The van der Waals surface area contributed by atoms with Gasteiger partial charge in [0.15, 0.2) is 0 Å². The van der Waals surface area contributed by atoms with Crippen molar-refractivity contribution in [2.75, 3.05) is 0 Å². The summed E-state index contributed by atoms with van der Waals surface area (Å²) in [6.07, 6.45) is 0. The normalized spacial score (nSPS) is 7.45. The van der Waals surface area contributed by atoms with Crippen molar-refractivity contribution in [3.05, 3.63) is 35.4 Å². The van der Waals surface area contributed by atoms with Gasteiger partial charge in [-0.1, -0.05) is 24.3 Å². The fourth-order valence-corrected chi connectivity index (χ4v) is 0.663. The monoisotopic (exact) mass is 213 g/mol. The van der Waals surface area contributed by atoms with Crippen LogP contribution in [0.5, 0.6) is 0 Å². The fraction of sp³-hybridized carbons (Fsp3) is 0.222. The summed E-state index contributed by atoms with van der Waals surface area (Å²) in [4.78, 5) is 0. The SMILES string of the molecule is Cc1ccccc1C.N=C=[Se]. The number of rotatable bonds is 0. The van der Waals surface area contributed by atoms with Gasteiger partial charge >= 0.3 is 25.7 Å². The van der Waals surface area contributed by atoms with Gasteiger partial charge in [-0.3, -0.25) is 0 Å². The van der Waals surface area contributed by atoms with Gasteiger partial charge in [0, 0.05) is 0 Å². The number of benzene rings is 1. The Morgan fingerprint density at radius 3 is 1.64 bits per heavy atom. The first-order valence-corrected chi connectivity index (χ1v) is 4.14. The second-order valence-corrected chi connectivity index (χ2v) is 2.61. The molecule has 1 nitrogen and oxygen atoms in total. The van der Waals surface area contributed by atoms with Gasteiger partial charge in [-0.15, -0.1) is 0 Å². The molecule has 0 aliphatic heterocycles. The summed E-state index contributed by atoms with van der Waals surface area (Å²) < 4.78 is 1.88. The molecular weight excluding hydrogens is 201 g/mol. The van der Waals surface area contributed by atoms with E-state index in [9.17, 15) is 0 Å². The molecule has 11 heavy (non-hydrogen) atoms. The van der Waals surface area contributed by atoms with Gasteiger partial charge in [0.2, 0.25) is 0 Å². The molecule has 1 rings (SSSR count). The molecule has 0 amide bonds. The molecule has 58 valence electrons. The summed E-state index contributed by atoms with van der Waals surface area (Å²) in [7, 11) is 0. The molecule has 1 aromatic rings. The molecule has 1 N–H and O–H groups in total. The molecule has 0 aliphatic carbocycles. The van der Waals surface area contributed by atoms with E-state index in [1.54, 1.807) is 0 Å². The van der Waals surface area contributed by atoms with Crippen LogP contribution >= 0.6 is 0 Å². The van der Waals surface area contributed by atoms with Crippen molar-refractivity contribution >= 4 is 20.3 Å². The van der Waals surface area contributed by atoms with Crippen molar-refractivity contribution in [3.8, 4) is 0 Å². The Morgan fingerprint density at radius 1 is 1.18 bits per heavy atom. The average molecular weight is 212 g/mol. The molecule has 0 atom stereocenters. The summed E-state index contributed by atoms with van der Waals surface area (Å²) in [5.41, 5.74) is 2.74. The van der Waals surface area contributed by atoms with Crippen LogP contribution in [-0.4, -0.2) is 20.3 Å². The van der Waals surface area contributed by atoms with Gasteiger partial charge in [-0.25, -0.2) is 0 Å². The molecular formula is C9H11NSe. The summed E-state index contributed by atoms with van der Waals surface area (Å²) in [5.74, 6) is 0. The first-order valence-electron chi connectivity index (χ1n) is 3.28. The first kappa shape index (κ1) is 10.3. The standard InChI is InChI=1S/C8H10.CHNSe/c1-7-5-3-4-6-8(7)2;2-1-3/h3-6H,1-2H3;2H. The van der Waals surface area contributed by atoms with Gasteiger partial charge in [0.05, 0.1) is 0 Å². The third-order valence-electron chi connectivity index (χ3n) is 1.43. The molecule has 0 aromatic heterocycles. The molecule has 1 aromatic carbocycles. The Labute approximate surface area is 75.3 Å². The van der Waals surface area contributed by atoms with E-state index < -0.39 is 0 Å². The van der Waals surface area contributed by atoms with E-state index >= 15 is 0 Å². The van der Waals surface area contributed by atoms with Gasteiger partial charge < -0.3 is 0 Å². The van der Waals surface area contributed by atoms with Gasteiger partial charge in [0.25, 0.3) is 0 Å². The number of nitrogens with one attached hydrogen (secondary N) is 1. The van der Waals surface area contributed by atoms with Crippen molar-refractivity contribution in [3.63, 3.8) is 0 Å². The Morgan fingerprint density at radius 2 is 1.45 bits per heavy atom. The van der Waals surface area contributed by atoms with Gasteiger partial charge in [-0.2, -0.15) is 0 Å². The van der Waals surface area contributed by atoms with Crippen molar-refractivity contribution in [1.82, 2.24) is 0 Å². The second-order valence-electron chi connectivity index (χ2n) is 2.19. The molecule has 0 radical (unpaired) electrons. The topological polar surface area (TPSA) is 23.9 Å². The second kappa shape index (κ2) is 6.06. The molecule has 0 fully saturated rings. The van der Waals surface area contributed by atoms with Gasteiger partial charge in [0.1, 0.15) is 0 Å². The average Bonchev–Trinajstić information content (AvgIpc) is 1.97. The van der Waals surface area contributed by atoms with Crippen molar-refractivity contribution < 1.29 is 0 Å². The van der Waals surface area contributed by atoms with E-state index in [0.29, 0.717) is 0 Å². The molecule has 0 saturated carbocycles. The molecule has 0 heterocycles. The minimum absolute atomic E-state index is 1.37. The van der Waals surface area contributed by atoms with E-state index in [1.165, 1.54) is 11.1 Å². The Kier molecular flexibility index (Phi) is 5.68. The van der Waals surface area contributed by atoms with Crippen LogP contribution in [0.25, 0.3) is 0 Å². The van der Waals surface area contributed by atoms with Crippen LogP contribution in [0.4, 0.5) is 0 Å². The van der Waals surface area contributed by atoms with E-state index in [1.807, 2.05) is 4.71 Å². The van der Waals surface area contributed by atoms with Crippen LogP contribution in [0.15, 0.2) is 24.3 Å². The maximum atomic E-state index is 5.90. The van der Waals surface area contributed by atoms with E-state index in [2.05, 4.69) is 53.7 Å². The predicted molar refractivity (Wildman–Crippen MR) is 49.4 cm³/mol. The molecule has 0 unspecified atom stereocenters. The summed E-state index contributed by atoms with van der Waals surface area (Å²) in [5, 5.41) is 5.90. The third kappa shape index (κ3) is 4.69. The van der Waals surface area contributed by atoms with Crippen LogP contribution in [0.3, 0.4) is 0 Å². The number of hydrogen-bond donors (Lipinski definition) is 1. The summed E-state index contributed by atoms with van der Waals surface area (Å²) in [6.45, 7) is 4.24. The number of aryl methyl sites for hydroxylation is 2. The zero-order valence-electron chi connectivity index (χ0n) is 6.72. The summed E-state index contributed by atoms with van der Waals surface area (Å²) in [6, 6.07) is 8.36. The summed E-state index contributed by atoms with van der Waals surface area (Å²) >= 11 is 2.22. The quantitative estimate of drug-likeness (QED) is 0.502. The Bertz CT molecular complexity index is 228. The molecule has 0 aliphatic rings. The maximum absolute atomic E-state index is 5.90. The Balaban J connectivity index is 0.000000292. The van der Waals surface area contributed by atoms with Crippen molar-refractivity contribution in [2.24, 2.45) is 0 Å². The number of hydrogen-bond acceptors (Lipinski definition) is 1. The van der Waals surface area contributed by atoms with E-state index in [0.717, 1.165) is 0 Å². The molecule has 2 heteroatoms. The van der Waals surface area contributed by atoms with E-state index in [-0.39, 0.29) is 0 Å². The van der Waals surface area contributed by atoms with Crippen molar-refractivity contribution in [2.45, 2.75) is 13.8 Å². The van der Waals surface area contributed by atoms with Crippen LogP contribution in [0, 0.1) is 19.3 Å². The van der Waals surface area contributed by atoms with E-state index in [4.69, 9.17) is 5.41 Å². The van der Waals surface area contributed by atoms with Gasteiger partial charge in [-0.05, 0) is 25.0 Å². The predicted octanol–water partition coefficient (Wildman–Crippen LogP) is 1.94. The van der Waals surface area contributed by atoms with Crippen LogP contribution in [0.2, 0.25) is 0 Å². The Hall–Kier alpha value is -0.681. The third-order valence-corrected chi connectivity index (χ3v) is 1.43. The molecule has 0 bridgehead atoms.